The van der Waals surface area contributed by atoms with Gasteiger partial charge in [-0.3, -0.25) is 9.78 Å². The number of amides is 1. The van der Waals surface area contributed by atoms with E-state index in [9.17, 15) is 4.79 Å². The van der Waals surface area contributed by atoms with Crippen molar-refractivity contribution in [2.24, 2.45) is 5.41 Å². The van der Waals surface area contributed by atoms with Gasteiger partial charge in [-0.1, -0.05) is 54.6 Å². The number of carbonyl (C=O) groups is 1. The SMILES string of the molecule is CC1(C(=O)NCc2cccnc2)CC2c3ccccc3C1c1ccccc12. The Morgan fingerprint density at radius 2 is 1.63 bits per heavy atom. The molecular weight excluding hydrogens is 332 g/mol. The molecule has 1 amide bonds. The summed E-state index contributed by atoms with van der Waals surface area (Å²) in [7, 11) is 0. The second-order valence-corrected chi connectivity index (χ2v) is 7.91. The van der Waals surface area contributed by atoms with Crippen LogP contribution in [-0.2, 0) is 11.3 Å². The van der Waals surface area contributed by atoms with E-state index in [0.717, 1.165) is 12.0 Å². The summed E-state index contributed by atoms with van der Waals surface area (Å²) in [6.45, 7) is 2.65. The number of hydrogen-bond donors (Lipinski definition) is 1. The normalized spacial score (nSPS) is 24.8. The molecule has 0 fully saturated rings. The van der Waals surface area contributed by atoms with Crippen molar-refractivity contribution in [2.45, 2.75) is 31.7 Å². The van der Waals surface area contributed by atoms with E-state index in [0.29, 0.717) is 6.54 Å². The number of fused-ring (bicyclic) bond motifs is 1. The van der Waals surface area contributed by atoms with Crippen LogP contribution in [-0.4, -0.2) is 10.9 Å². The lowest BCUT2D eigenvalue weighted by Crippen LogP contribution is -2.49. The summed E-state index contributed by atoms with van der Waals surface area (Å²) in [5.74, 6) is 0.519. The van der Waals surface area contributed by atoms with E-state index in [1.807, 2.05) is 12.1 Å². The van der Waals surface area contributed by atoms with Crippen molar-refractivity contribution in [3.8, 4) is 0 Å². The Morgan fingerprint density at radius 1 is 1.00 bits per heavy atom. The molecule has 1 atom stereocenters. The maximum atomic E-state index is 13.4. The fraction of sp³-hybridized carbons (Fsp3) is 0.250. The van der Waals surface area contributed by atoms with Crippen LogP contribution in [0.25, 0.3) is 0 Å². The van der Waals surface area contributed by atoms with Gasteiger partial charge >= 0.3 is 0 Å². The summed E-state index contributed by atoms with van der Waals surface area (Å²) >= 11 is 0. The smallest absolute Gasteiger partial charge is 0.227 e. The summed E-state index contributed by atoms with van der Waals surface area (Å²) in [4.78, 5) is 17.5. The van der Waals surface area contributed by atoms with Gasteiger partial charge in [-0.2, -0.15) is 0 Å². The molecular formula is C24H22N2O. The minimum absolute atomic E-state index is 0.101. The highest BCUT2D eigenvalue weighted by Gasteiger charge is 2.53. The molecule has 134 valence electrons. The molecule has 1 unspecified atom stereocenters. The maximum Gasteiger partial charge on any atom is 0.227 e. The monoisotopic (exact) mass is 354 g/mol. The van der Waals surface area contributed by atoms with Crippen LogP contribution in [0, 0.1) is 5.41 Å². The van der Waals surface area contributed by atoms with Crippen LogP contribution in [0.4, 0.5) is 0 Å². The first kappa shape index (κ1) is 16.2. The second-order valence-electron chi connectivity index (χ2n) is 7.91. The zero-order chi connectivity index (χ0) is 18.4. The molecule has 6 rings (SSSR count). The average Bonchev–Trinajstić information content (AvgIpc) is 2.73. The van der Waals surface area contributed by atoms with Crippen LogP contribution in [0.1, 0.15) is 53.0 Å². The number of aromatic nitrogens is 1. The summed E-state index contributed by atoms with van der Waals surface area (Å²) < 4.78 is 0. The maximum absolute atomic E-state index is 13.4. The molecule has 27 heavy (non-hydrogen) atoms. The fourth-order valence-corrected chi connectivity index (χ4v) is 5.08. The van der Waals surface area contributed by atoms with Gasteiger partial charge in [-0.05, 0) is 47.2 Å². The van der Waals surface area contributed by atoms with Crippen molar-refractivity contribution in [3.05, 3.63) is 101 Å². The molecule has 0 aliphatic heterocycles. The Kier molecular flexibility index (Phi) is 3.64. The van der Waals surface area contributed by atoms with E-state index in [1.165, 1.54) is 22.3 Å². The Bertz CT molecular complexity index is 966. The number of pyridine rings is 1. The van der Waals surface area contributed by atoms with Gasteiger partial charge in [-0.25, -0.2) is 0 Å². The van der Waals surface area contributed by atoms with Gasteiger partial charge in [0.05, 0.1) is 5.41 Å². The lowest BCUT2D eigenvalue weighted by atomic mass is 9.52. The zero-order valence-electron chi connectivity index (χ0n) is 15.4. The predicted molar refractivity (Wildman–Crippen MR) is 105 cm³/mol. The van der Waals surface area contributed by atoms with Gasteiger partial charge in [0.2, 0.25) is 5.91 Å². The van der Waals surface area contributed by atoms with Crippen molar-refractivity contribution in [2.75, 3.05) is 0 Å². The Morgan fingerprint density at radius 3 is 2.22 bits per heavy atom. The number of nitrogens with one attached hydrogen (secondary N) is 1. The first-order chi connectivity index (χ1) is 13.2. The highest BCUT2D eigenvalue weighted by molar-refractivity contribution is 5.86. The van der Waals surface area contributed by atoms with Crippen molar-refractivity contribution >= 4 is 5.91 Å². The van der Waals surface area contributed by atoms with Gasteiger partial charge in [0, 0.05) is 30.8 Å². The minimum atomic E-state index is -0.449. The van der Waals surface area contributed by atoms with Gasteiger partial charge < -0.3 is 5.32 Å². The van der Waals surface area contributed by atoms with Crippen LogP contribution in [0.2, 0.25) is 0 Å². The highest BCUT2D eigenvalue weighted by Crippen LogP contribution is 2.60. The van der Waals surface area contributed by atoms with E-state index in [-0.39, 0.29) is 17.7 Å². The number of rotatable bonds is 3. The van der Waals surface area contributed by atoms with Crippen molar-refractivity contribution in [3.63, 3.8) is 0 Å². The van der Waals surface area contributed by atoms with Crippen molar-refractivity contribution in [1.82, 2.24) is 10.3 Å². The molecule has 3 heteroatoms. The van der Waals surface area contributed by atoms with Crippen LogP contribution in [0.3, 0.4) is 0 Å². The minimum Gasteiger partial charge on any atom is -0.351 e. The number of benzene rings is 2. The summed E-state index contributed by atoms with van der Waals surface area (Å²) in [6.07, 6.45) is 4.41. The first-order valence-electron chi connectivity index (χ1n) is 9.53. The molecule has 3 aromatic rings. The topological polar surface area (TPSA) is 42.0 Å². The van der Waals surface area contributed by atoms with Crippen LogP contribution in [0.5, 0.6) is 0 Å². The Labute approximate surface area is 159 Å². The number of nitrogens with zero attached hydrogens (tertiary/aromatic N) is 1. The van der Waals surface area contributed by atoms with E-state index >= 15 is 0 Å². The number of carbonyl (C=O) groups excluding carboxylic acids is 1. The van der Waals surface area contributed by atoms with Crippen LogP contribution >= 0.6 is 0 Å². The van der Waals surface area contributed by atoms with E-state index in [4.69, 9.17) is 0 Å². The lowest BCUT2D eigenvalue weighted by molar-refractivity contribution is -0.132. The fourth-order valence-electron chi connectivity index (χ4n) is 5.08. The van der Waals surface area contributed by atoms with E-state index in [1.54, 1.807) is 12.4 Å². The molecule has 0 spiro atoms. The zero-order valence-corrected chi connectivity index (χ0v) is 15.4. The largest absolute Gasteiger partial charge is 0.351 e. The molecule has 1 aromatic heterocycles. The quantitative estimate of drug-likeness (QED) is 0.758. The molecule has 2 bridgehead atoms. The standard InChI is InChI=1S/C24H22N2O/c1-24(23(27)26-15-16-7-6-12-25-14-16)13-21-17-8-2-4-10-19(17)22(24)20-11-5-3-9-18(20)21/h2-12,14,21-22H,13,15H2,1H3,(H,26,27). The molecule has 1 heterocycles. The van der Waals surface area contributed by atoms with Crippen molar-refractivity contribution in [1.29, 1.82) is 0 Å². The number of hydrogen-bond acceptors (Lipinski definition) is 2. The van der Waals surface area contributed by atoms with Crippen molar-refractivity contribution < 1.29 is 4.79 Å². The van der Waals surface area contributed by atoms with Gasteiger partial charge in [0.1, 0.15) is 0 Å². The molecule has 3 aliphatic carbocycles. The summed E-state index contributed by atoms with van der Waals surface area (Å²) in [5, 5.41) is 3.18. The van der Waals surface area contributed by atoms with Gasteiger partial charge in [0.25, 0.3) is 0 Å². The van der Waals surface area contributed by atoms with Gasteiger partial charge in [-0.15, -0.1) is 0 Å². The molecule has 1 N–H and O–H groups in total. The Hall–Kier alpha value is -2.94. The van der Waals surface area contributed by atoms with E-state index in [2.05, 4.69) is 65.8 Å². The summed E-state index contributed by atoms with van der Waals surface area (Å²) in [5.41, 5.74) is 5.97. The third kappa shape index (κ3) is 2.42. The molecule has 0 radical (unpaired) electrons. The van der Waals surface area contributed by atoms with Crippen LogP contribution in [0.15, 0.2) is 73.1 Å². The van der Waals surface area contributed by atoms with E-state index < -0.39 is 5.41 Å². The Balaban J connectivity index is 1.53. The molecule has 0 saturated carbocycles. The molecule has 0 saturated heterocycles. The summed E-state index contributed by atoms with van der Waals surface area (Å²) in [6, 6.07) is 21.2. The highest BCUT2D eigenvalue weighted by atomic mass is 16.2. The molecule has 3 nitrogen and oxygen atoms in total. The average molecular weight is 354 g/mol. The molecule has 2 aromatic carbocycles. The lowest BCUT2D eigenvalue weighted by Gasteiger charge is -2.50. The first-order valence-corrected chi connectivity index (χ1v) is 9.53. The van der Waals surface area contributed by atoms with Crippen LogP contribution < -0.4 is 5.32 Å². The van der Waals surface area contributed by atoms with Gasteiger partial charge in [0.15, 0.2) is 0 Å². The predicted octanol–water partition coefficient (Wildman–Crippen LogP) is 4.39. The third-order valence-corrected chi connectivity index (χ3v) is 6.32. The molecule has 3 aliphatic rings. The second kappa shape index (κ2) is 6.05. The third-order valence-electron chi connectivity index (χ3n) is 6.32.